The number of aromatic nitrogens is 1. The van der Waals surface area contributed by atoms with E-state index in [4.69, 9.17) is 13.8 Å². The number of fused-ring (bicyclic) bond motifs is 9. The van der Waals surface area contributed by atoms with E-state index in [1.165, 1.54) is 41.9 Å². The second-order valence-electron chi connectivity index (χ2n) is 11.8. The third kappa shape index (κ3) is 3.92. The van der Waals surface area contributed by atoms with Crippen LogP contribution < -0.4 is 10.6 Å². The summed E-state index contributed by atoms with van der Waals surface area (Å²) in [6.07, 6.45) is 6.63. The molecule has 0 saturated heterocycles. The third-order valence-corrected chi connectivity index (χ3v) is 10.3. The van der Waals surface area contributed by atoms with Crippen LogP contribution in [0.15, 0.2) is 124 Å². The molecule has 0 N–H and O–H groups in total. The highest BCUT2D eigenvalue weighted by molar-refractivity contribution is 7.25. The molecule has 0 fully saturated rings. The van der Waals surface area contributed by atoms with Crippen LogP contribution >= 0.6 is 11.3 Å². The van der Waals surface area contributed by atoms with E-state index in [9.17, 15) is 0 Å². The molecule has 0 spiro atoms. The van der Waals surface area contributed by atoms with Gasteiger partial charge in [-0.2, -0.15) is 0 Å². The van der Waals surface area contributed by atoms with E-state index in [1.54, 1.807) is 0 Å². The summed E-state index contributed by atoms with van der Waals surface area (Å²) in [5.74, 6) is 0. The zero-order chi connectivity index (χ0) is 29.5. The van der Waals surface area contributed by atoms with Gasteiger partial charge in [0.1, 0.15) is 22.2 Å². The molecule has 212 valence electrons. The summed E-state index contributed by atoms with van der Waals surface area (Å²) in [4.78, 5) is 5.14. The highest BCUT2D eigenvalue weighted by Gasteiger charge is 2.13. The third-order valence-electron chi connectivity index (χ3n) is 9.12. The topological polar surface area (TPSA) is 39.2 Å². The van der Waals surface area contributed by atoms with Crippen LogP contribution in [0, 0.1) is 0 Å². The predicted molar refractivity (Wildman–Crippen MR) is 188 cm³/mol. The minimum Gasteiger partial charge on any atom is -0.456 e. The van der Waals surface area contributed by atoms with Crippen molar-refractivity contribution in [3.05, 3.63) is 126 Å². The summed E-state index contributed by atoms with van der Waals surface area (Å²) >= 11 is 1.84. The molecule has 9 aromatic rings. The average Bonchev–Trinajstić information content (AvgIpc) is 3.78. The zero-order valence-corrected chi connectivity index (χ0v) is 25.0. The highest BCUT2D eigenvalue weighted by Crippen LogP contribution is 2.39. The molecular weight excluding hydrogens is 571 g/mol. The number of nitrogens with zero attached hydrogens (tertiary/aromatic N) is 1. The van der Waals surface area contributed by atoms with Crippen molar-refractivity contribution < 1.29 is 8.83 Å². The Labute approximate surface area is 262 Å². The SMILES string of the molecule is C1=c2oc3ccc(-c4ccc5sc6ccc(-c7cccc(-c8ccc9oc%10ccccc%10c9c8)n7)cc6c5c4)cc3c2=CCC1. The lowest BCUT2D eigenvalue weighted by Crippen LogP contribution is -2.22. The Kier molecular flexibility index (Phi) is 5.28. The van der Waals surface area contributed by atoms with Crippen LogP contribution in [0.5, 0.6) is 0 Å². The van der Waals surface area contributed by atoms with E-state index in [-0.39, 0.29) is 0 Å². The maximum atomic E-state index is 6.13. The number of pyridine rings is 1. The van der Waals surface area contributed by atoms with Crippen molar-refractivity contribution >= 4 is 76.6 Å². The van der Waals surface area contributed by atoms with Crippen LogP contribution in [0.2, 0.25) is 0 Å². The molecule has 3 nitrogen and oxygen atoms in total. The van der Waals surface area contributed by atoms with Gasteiger partial charge in [-0.3, -0.25) is 0 Å². The molecule has 0 atom stereocenters. The molecule has 0 amide bonds. The van der Waals surface area contributed by atoms with Crippen LogP contribution in [0.1, 0.15) is 12.8 Å². The maximum absolute atomic E-state index is 6.13. The Hall–Kier alpha value is -5.45. The highest BCUT2D eigenvalue weighted by atomic mass is 32.1. The first kappa shape index (κ1) is 24.9. The molecule has 4 heteroatoms. The van der Waals surface area contributed by atoms with Crippen molar-refractivity contribution in [1.82, 2.24) is 4.98 Å². The zero-order valence-electron chi connectivity index (χ0n) is 24.2. The van der Waals surface area contributed by atoms with Gasteiger partial charge in [-0.05, 0) is 103 Å². The predicted octanol–water partition coefficient (Wildman–Crippen LogP) is 10.5. The van der Waals surface area contributed by atoms with Crippen LogP contribution in [0.4, 0.5) is 0 Å². The Morgan fingerprint density at radius 3 is 1.89 bits per heavy atom. The molecule has 0 bridgehead atoms. The molecule has 10 rings (SSSR count). The molecule has 0 saturated carbocycles. The molecule has 1 aliphatic rings. The van der Waals surface area contributed by atoms with Gasteiger partial charge < -0.3 is 8.83 Å². The maximum Gasteiger partial charge on any atom is 0.135 e. The van der Waals surface area contributed by atoms with Gasteiger partial charge in [0.05, 0.1) is 11.4 Å². The van der Waals surface area contributed by atoms with Gasteiger partial charge in [-0.25, -0.2) is 4.98 Å². The fourth-order valence-electron chi connectivity index (χ4n) is 6.88. The summed E-state index contributed by atoms with van der Waals surface area (Å²) in [6, 6.07) is 41.0. The molecule has 0 unspecified atom stereocenters. The monoisotopic (exact) mass is 595 g/mol. The second-order valence-corrected chi connectivity index (χ2v) is 12.9. The average molecular weight is 596 g/mol. The van der Waals surface area contributed by atoms with Crippen LogP contribution in [-0.4, -0.2) is 4.98 Å². The second kappa shape index (κ2) is 9.52. The normalized spacial score (nSPS) is 13.1. The largest absolute Gasteiger partial charge is 0.456 e. The Morgan fingerprint density at radius 2 is 1.07 bits per heavy atom. The first-order valence-corrected chi connectivity index (χ1v) is 16.2. The molecule has 4 aromatic heterocycles. The van der Waals surface area contributed by atoms with Crippen LogP contribution in [0.25, 0.3) is 98.9 Å². The first-order chi connectivity index (χ1) is 22.2. The van der Waals surface area contributed by atoms with Gasteiger partial charge in [0.15, 0.2) is 0 Å². The van der Waals surface area contributed by atoms with E-state index >= 15 is 0 Å². The first-order valence-electron chi connectivity index (χ1n) is 15.3. The standard InChI is InChI=1S/C41H25NO2S/c1-3-10-36-28(6-1)30-20-24(12-16-38(30)43-36)25-14-18-40-32(21-25)33-23-27(15-19-41(33)45-40)35-9-5-8-34(42-35)26-13-17-39-31(22-26)29-7-2-4-11-37(29)44-39/h2,4-23H,1,3H2. The van der Waals surface area contributed by atoms with Crippen molar-refractivity contribution in [3.8, 4) is 33.6 Å². The van der Waals surface area contributed by atoms with Gasteiger partial charge in [-0.15, -0.1) is 11.3 Å². The summed E-state index contributed by atoms with van der Waals surface area (Å²) in [5, 5.41) is 7.20. The number of para-hydroxylation sites is 1. The van der Waals surface area contributed by atoms with Crippen LogP contribution in [-0.2, 0) is 0 Å². The fraction of sp³-hybridized carbons (Fsp3) is 0.0488. The van der Waals surface area contributed by atoms with Crippen molar-refractivity contribution in [2.24, 2.45) is 0 Å². The number of thiophene rings is 1. The van der Waals surface area contributed by atoms with E-state index < -0.39 is 0 Å². The summed E-state index contributed by atoms with van der Waals surface area (Å²) in [5.41, 5.74) is 10.3. The van der Waals surface area contributed by atoms with Gasteiger partial charge in [0, 0.05) is 52.7 Å². The Balaban J connectivity index is 1.07. The van der Waals surface area contributed by atoms with Gasteiger partial charge in [0.25, 0.3) is 0 Å². The summed E-state index contributed by atoms with van der Waals surface area (Å²) in [7, 11) is 0. The van der Waals surface area contributed by atoms with E-state index in [1.807, 2.05) is 23.5 Å². The quantitative estimate of drug-likeness (QED) is 0.204. The molecule has 45 heavy (non-hydrogen) atoms. The number of benzene rings is 5. The van der Waals surface area contributed by atoms with E-state index in [0.29, 0.717) is 0 Å². The Morgan fingerprint density at radius 1 is 0.467 bits per heavy atom. The smallest absolute Gasteiger partial charge is 0.135 e. The minimum atomic E-state index is 0.895. The number of rotatable bonds is 3. The van der Waals surface area contributed by atoms with Crippen molar-refractivity contribution in [3.63, 3.8) is 0 Å². The molecule has 1 aliphatic carbocycles. The summed E-state index contributed by atoms with van der Waals surface area (Å²) < 4.78 is 14.7. The fourth-order valence-corrected chi connectivity index (χ4v) is 7.94. The van der Waals surface area contributed by atoms with E-state index in [2.05, 4.69) is 115 Å². The lowest BCUT2D eigenvalue weighted by atomic mass is 10.00. The lowest BCUT2D eigenvalue weighted by molar-refractivity contribution is 0.572. The number of furan rings is 2. The van der Waals surface area contributed by atoms with Crippen LogP contribution in [0.3, 0.4) is 0 Å². The van der Waals surface area contributed by atoms with Crippen molar-refractivity contribution in [2.75, 3.05) is 0 Å². The van der Waals surface area contributed by atoms with Crippen molar-refractivity contribution in [2.45, 2.75) is 12.8 Å². The lowest BCUT2D eigenvalue weighted by Gasteiger charge is -2.06. The summed E-state index contributed by atoms with van der Waals surface area (Å²) in [6.45, 7) is 0. The Bertz CT molecular complexity index is 2780. The molecule has 0 aliphatic heterocycles. The molecular formula is C41H25NO2S. The minimum absolute atomic E-state index is 0.895. The van der Waals surface area contributed by atoms with Gasteiger partial charge >= 0.3 is 0 Å². The number of hydrogen-bond acceptors (Lipinski definition) is 4. The van der Waals surface area contributed by atoms with E-state index in [0.717, 1.165) is 68.3 Å². The van der Waals surface area contributed by atoms with Gasteiger partial charge in [-0.1, -0.05) is 48.5 Å². The van der Waals surface area contributed by atoms with Gasteiger partial charge in [0.2, 0.25) is 0 Å². The molecule has 0 radical (unpaired) electrons. The van der Waals surface area contributed by atoms with Crippen molar-refractivity contribution in [1.29, 1.82) is 0 Å². The molecule has 5 aromatic carbocycles. The molecule has 4 heterocycles. The number of hydrogen-bond donors (Lipinski definition) is 0.